The van der Waals surface area contributed by atoms with Crippen LogP contribution in [-0.2, 0) is 6.42 Å². The Labute approximate surface area is 181 Å². The summed E-state index contributed by atoms with van der Waals surface area (Å²) in [5, 5.41) is 14.4. The quantitative estimate of drug-likeness (QED) is 0.586. The highest BCUT2D eigenvalue weighted by Crippen LogP contribution is 2.49. The predicted molar refractivity (Wildman–Crippen MR) is 116 cm³/mol. The van der Waals surface area contributed by atoms with Crippen LogP contribution in [0.1, 0.15) is 38.2 Å². The van der Waals surface area contributed by atoms with Gasteiger partial charge in [0.15, 0.2) is 0 Å². The number of rotatable bonds is 8. The van der Waals surface area contributed by atoms with Gasteiger partial charge in [-0.1, -0.05) is 6.92 Å². The SMILES string of the molecule is CCc1cnc(N2CCC([C@H]3C[C@@H]3CCNc3ncc(-n4cnnn4)cn3)CC2)nc1. The lowest BCUT2D eigenvalue weighted by atomic mass is 9.90. The van der Waals surface area contributed by atoms with Crippen LogP contribution < -0.4 is 10.2 Å². The standard InChI is InChI=1S/C21H28N10/c1-2-15-10-25-21(26-11-15)30-7-4-16(5-8-30)19-9-17(19)3-6-22-20-23-12-18(13-24-20)31-14-27-28-29-31/h10-14,16-17,19H,2-9H2,1H3,(H,22,23,24)/t17-,19+/m0/s1. The topological polar surface area (TPSA) is 110 Å². The Kier molecular flexibility index (Phi) is 5.68. The van der Waals surface area contributed by atoms with E-state index in [1.165, 1.54) is 42.3 Å². The maximum atomic E-state index is 4.55. The molecule has 2 fully saturated rings. The molecule has 4 heterocycles. The lowest BCUT2D eigenvalue weighted by Crippen LogP contribution is -2.35. The largest absolute Gasteiger partial charge is 0.354 e. The van der Waals surface area contributed by atoms with Gasteiger partial charge in [0, 0.05) is 32.0 Å². The van der Waals surface area contributed by atoms with Crippen LogP contribution in [0.2, 0.25) is 0 Å². The fourth-order valence-corrected chi connectivity index (χ4v) is 4.58. The minimum Gasteiger partial charge on any atom is -0.354 e. The minimum atomic E-state index is 0.649. The molecule has 5 rings (SSSR count). The number of nitrogens with one attached hydrogen (secondary N) is 1. The van der Waals surface area contributed by atoms with Gasteiger partial charge in [0.05, 0.1) is 12.4 Å². The van der Waals surface area contributed by atoms with E-state index < -0.39 is 0 Å². The van der Waals surface area contributed by atoms with E-state index in [0.717, 1.165) is 55.4 Å². The Morgan fingerprint density at radius 3 is 2.48 bits per heavy atom. The number of tetrazole rings is 1. The molecule has 10 heteroatoms. The van der Waals surface area contributed by atoms with Crippen molar-refractivity contribution in [2.75, 3.05) is 29.9 Å². The second-order valence-corrected chi connectivity index (χ2v) is 8.46. The van der Waals surface area contributed by atoms with Crippen molar-refractivity contribution < 1.29 is 0 Å². The monoisotopic (exact) mass is 420 g/mol. The van der Waals surface area contributed by atoms with Crippen molar-refractivity contribution in [3.63, 3.8) is 0 Å². The summed E-state index contributed by atoms with van der Waals surface area (Å²) in [4.78, 5) is 20.1. The average Bonchev–Trinajstić information content (AvgIpc) is 3.38. The van der Waals surface area contributed by atoms with Crippen LogP contribution in [-0.4, -0.2) is 59.8 Å². The van der Waals surface area contributed by atoms with Gasteiger partial charge in [0.1, 0.15) is 12.0 Å². The molecule has 1 aliphatic carbocycles. The number of hydrogen-bond acceptors (Lipinski definition) is 9. The molecule has 1 N–H and O–H groups in total. The van der Waals surface area contributed by atoms with Gasteiger partial charge in [-0.2, -0.15) is 4.68 Å². The molecule has 0 aromatic carbocycles. The molecule has 0 amide bonds. The third-order valence-corrected chi connectivity index (χ3v) is 6.56. The molecule has 10 nitrogen and oxygen atoms in total. The zero-order valence-electron chi connectivity index (χ0n) is 17.8. The molecule has 2 atom stereocenters. The second kappa shape index (κ2) is 8.91. The predicted octanol–water partition coefficient (Wildman–Crippen LogP) is 2.16. The van der Waals surface area contributed by atoms with Crippen molar-refractivity contribution in [3.8, 4) is 5.69 Å². The maximum absolute atomic E-state index is 4.55. The van der Waals surface area contributed by atoms with Crippen molar-refractivity contribution in [1.29, 1.82) is 0 Å². The molecule has 0 unspecified atom stereocenters. The first-order valence-corrected chi connectivity index (χ1v) is 11.2. The lowest BCUT2D eigenvalue weighted by molar-refractivity contribution is 0.343. The summed E-state index contributed by atoms with van der Waals surface area (Å²) in [5.41, 5.74) is 1.94. The van der Waals surface area contributed by atoms with Gasteiger partial charge in [-0.25, -0.2) is 19.9 Å². The van der Waals surface area contributed by atoms with Gasteiger partial charge in [0.2, 0.25) is 11.9 Å². The van der Waals surface area contributed by atoms with Crippen molar-refractivity contribution in [2.24, 2.45) is 17.8 Å². The van der Waals surface area contributed by atoms with E-state index in [0.29, 0.717) is 5.95 Å². The smallest absolute Gasteiger partial charge is 0.225 e. The van der Waals surface area contributed by atoms with E-state index in [1.54, 1.807) is 12.4 Å². The summed E-state index contributed by atoms with van der Waals surface area (Å²) in [6.07, 6.45) is 14.9. The summed E-state index contributed by atoms with van der Waals surface area (Å²) in [5.74, 6) is 4.07. The molecular formula is C21H28N10. The summed E-state index contributed by atoms with van der Waals surface area (Å²) < 4.78 is 1.54. The Hall–Kier alpha value is -3.17. The van der Waals surface area contributed by atoms with Crippen LogP contribution in [0.25, 0.3) is 5.69 Å². The highest BCUT2D eigenvalue weighted by molar-refractivity contribution is 5.31. The summed E-state index contributed by atoms with van der Waals surface area (Å²) in [6.45, 7) is 5.17. The highest BCUT2D eigenvalue weighted by atomic mass is 15.5. The summed E-state index contributed by atoms with van der Waals surface area (Å²) >= 11 is 0. The fraction of sp³-hybridized carbons (Fsp3) is 0.571. The van der Waals surface area contributed by atoms with Crippen LogP contribution in [0, 0.1) is 17.8 Å². The molecule has 2 aliphatic rings. The molecule has 3 aromatic heterocycles. The number of aryl methyl sites for hydroxylation is 1. The van der Waals surface area contributed by atoms with E-state index in [4.69, 9.17) is 0 Å². The molecule has 0 radical (unpaired) electrons. The Balaban J connectivity index is 1.03. The van der Waals surface area contributed by atoms with Gasteiger partial charge in [-0.15, -0.1) is 5.10 Å². The molecule has 162 valence electrons. The summed E-state index contributed by atoms with van der Waals surface area (Å²) in [7, 11) is 0. The molecule has 0 spiro atoms. The van der Waals surface area contributed by atoms with Gasteiger partial charge >= 0.3 is 0 Å². The van der Waals surface area contributed by atoms with Crippen molar-refractivity contribution >= 4 is 11.9 Å². The zero-order valence-corrected chi connectivity index (χ0v) is 17.8. The maximum Gasteiger partial charge on any atom is 0.225 e. The average molecular weight is 421 g/mol. The molecule has 31 heavy (non-hydrogen) atoms. The minimum absolute atomic E-state index is 0.649. The molecule has 1 saturated heterocycles. The lowest BCUT2D eigenvalue weighted by Gasteiger charge is -2.32. The van der Waals surface area contributed by atoms with Gasteiger partial charge in [-0.05, 0) is 65.8 Å². The van der Waals surface area contributed by atoms with Crippen LogP contribution in [0.4, 0.5) is 11.9 Å². The van der Waals surface area contributed by atoms with Crippen LogP contribution >= 0.6 is 0 Å². The fourth-order valence-electron chi connectivity index (χ4n) is 4.58. The third kappa shape index (κ3) is 4.62. The van der Waals surface area contributed by atoms with Crippen molar-refractivity contribution in [3.05, 3.63) is 36.7 Å². The molecule has 3 aromatic rings. The van der Waals surface area contributed by atoms with E-state index in [-0.39, 0.29) is 0 Å². The first kappa shape index (κ1) is 19.8. The molecule has 0 bridgehead atoms. The second-order valence-electron chi connectivity index (χ2n) is 8.46. The van der Waals surface area contributed by atoms with Crippen molar-refractivity contribution in [1.82, 2.24) is 40.1 Å². The van der Waals surface area contributed by atoms with Gasteiger partial charge < -0.3 is 10.2 Å². The first-order valence-electron chi connectivity index (χ1n) is 11.2. The van der Waals surface area contributed by atoms with Crippen LogP contribution in [0.15, 0.2) is 31.1 Å². The number of aromatic nitrogens is 8. The Morgan fingerprint density at radius 1 is 1.03 bits per heavy atom. The Bertz CT molecular complexity index is 949. The highest BCUT2D eigenvalue weighted by Gasteiger charge is 2.43. The normalized spacial score (nSPS) is 21.3. The first-order chi connectivity index (χ1) is 15.3. The number of hydrogen-bond donors (Lipinski definition) is 1. The van der Waals surface area contributed by atoms with E-state index in [9.17, 15) is 0 Å². The van der Waals surface area contributed by atoms with E-state index in [1.807, 2.05) is 12.4 Å². The van der Waals surface area contributed by atoms with Gasteiger partial charge in [0.25, 0.3) is 0 Å². The van der Waals surface area contributed by atoms with Gasteiger partial charge in [-0.3, -0.25) is 0 Å². The molecular weight excluding hydrogens is 392 g/mol. The molecule has 1 aliphatic heterocycles. The van der Waals surface area contributed by atoms with Crippen LogP contribution in [0.5, 0.6) is 0 Å². The molecule has 1 saturated carbocycles. The summed E-state index contributed by atoms with van der Waals surface area (Å²) in [6, 6.07) is 0. The van der Waals surface area contributed by atoms with E-state index >= 15 is 0 Å². The van der Waals surface area contributed by atoms with E-state index in [2.05, 4.69) is 52.6 Å². The Morgan fingerprint density at radius 2 is 1.81 bits per heavy atom. The van der Waals surface area contributed by atoms with Crippen molar-refractivity contribution in [2.45, 2.75) is 39.0 Å². The number of piperidine rings is 1. The third-order valence-electron chi connectivity index (χ3n) is 6.56. The van der Waals surface area contributed by atoms with Crippen LogP contribution in [0.3, 0.4) is 0 Å². The number of anilines is 2. The zero-order chi connectivity index (χ0) is 21.0. The number of nitrogens with zero attached hydrogens (tertiary/aromatic N) is 9.